The summed E-state index contributed by atoms with van der Waals surface area (Å²) < 4.78 is 0. The largest absolute Gasteiger partial charge is 0.0949 e. The second-order valence-corrected chi connectivity index (χ2v) is 6.72. The van der Waals surface area contributed by atoms with Gasteiger partial charge in [-0.2, -0.15) is 0 Å². The molecule has 0 spiro atoms. The van der Waals surface area contributed by atoms with Crippen molar-refractivity contribution < 1.29 is 0 Å². The number of benzene rings is 2. The molecule has 0 saturated heterocycles. The van der Waals surface area contributed by atoms with Crippen molar-refractivity contribution in [3.63, 3.8) is 0 Å². The van der Waals surface area contributed by atoms with E-state index in [0.29, 0.717) is 0 Å². The first-order valence-electron chi connectivity index (χ1n) is 8.64. The molecule has 0 nitrogen and oxygen atoms in total. The Morgan fingerprint density at radius 2 is 1.79 bits per heavy atom. The average molecular weight is 310 g/mol. The highest BCUT2D eigenvalue weighted by Gasteiger charge is 2.20. The molecule has 118 valence electrons. The lowest BCUT2D eigenvalue weighted by Crippen LogP contribution is -1.95. The van der Waals surface area contributed by atoms with Crippen molar-refractivity contribution >= 4 is 11.6 Å². The van der Waals surface area contributed by atoms with Crippen LogP contribution in [0.1, 0.15) is 35.1 Å². The van der Waals surface area contributed by atoms with Gasteiger partial charge in [-0.15, -0.1) is 0 Å². The topological polar surface area (TPSA) is 0 Å². The summed E-state index contributed by atoms with van der Waals surface area (Å²) in [5.74, 6) is 0. The van der Waals surface area contributed by atoms with Crippen LogP contribution in [0.3, 0.4) is 0 Å². The van der Waals surface area contributed by atoms with Crippen LogP contribution in [-0.2, 0) is 6.42 Å². The molecular weight excluding hydrogens is 288 g/mol. The molecule has 0 heterocycles. The Labute approximate surface area is 144 Å². The van der Waals surface area contributed by atoms with Gasteiger partial charge in [-0.25, -0.2) is 0 Å². The fourth-order valence-electron chi connectivity index (χ4n) is 3.81. The Morgan fingerprint density at radius 3 is 2.62 bits per heavy atom. The van der Waals surface area contributed by atoms with Gasteiger partial charge in [-0.3, -0.25) is 0 Å². The first-order valence-corrected chi connectivity index (χ1v) is 8.64. The highest BCUT2D eigenvalue weighted by atomic mass is 14.2. The molecule has 0 aliphatic heterocycles. The molecule has 0 bridgehead atoms. The molecule has 0 atom stereocenters. The molecule has 2 aromatic rings. The van der Waals surface area contributed by atoms with E-state index in [9.17, 15) is 0 Å². The van der Waals surface area contributed by atoms with Crippen LogP contribution in [0.25, 0.3) is 11.6 Å². The number of rotatable bonds is 4. The molecule has 2 aliphatic carbocycles. The summed E-state index contributed by atoms with van der Waals surface area (Å²) >= 11 is 0. The van der Waals surface area contributed by atoms with E-state index in [2.05, 4.69) is 80.3 Å². The zero-order valence-electron chi connectivity index (χ0n) is 14.2. The van der Waals surface area contributed by atoms with Crippen molar-refractivity contribution in [1.82, 2.24) is 0 Å². The molecule has 0 saturated carbocycles. The van der Waals surface area contributed by atoms with Gasteiger partial charge in [0.2, 0.25) is 0 Å². The van der Waals surface area contributed by atoms with E-state index in [-0.39, 0.29) is 0 Å². The summed E-state index contributed by atoms with van der Waals surface area (Å²) in [6.07, 6.45) is 10.1. The quantitative estimate of drug-likeness (QED) is 0.622. The minimum absolute atomic E-state index is 0.935. The maximum absolute atomic E-state index is 4.36. The SMILES string of the molecule is C=C(CC1=CCC=C1C1=Cc2ccccc2C1)c1ccccc1C. The predicted octanol–water partition coefficient (Wildman–Crippen LogP) is 6.29. The smallest absolute Gasteiger partial charge is 0.00137 e. The van der Waals surface area contributed by atoms with Crippen LogP contribution < -0.4 is 0 Å². The third kappa shape index (κ3) is 2.69. The molecule has 0 unspecified atom stereocenters. The van der Waals surface area contributed by atoms with Gasteiger partial charge in [0.15, 0.2) is 0 Å². The predicted molar refractivity (Wildman–Crippen MR) is 104 cm³/mol. The van der Waals surface area contributed by atoms with Crippen LogP contribution in [0.15, 0.2) is 84.0 Å². The van der Waals surface area contributed by atoms with E-state index in [1.54, 1.807) is 0 Å². The maximum Gasteiger partial charge on any atom is -0.00137 e. The number of hydrogen-bond acceptors (Lipinski definition) is 0. The van der Waals surface area contributed by atoms with Gasteiger partial charge in [-0.05, 0) is 70.7 Å². The van der Waals surface area contributed by atoms with E-state index >= 15 is 0 Å². The van der Waals surface area contributed by atoms with E-state index in [1.807, 2.05) is 0 Å². The molecule has 2 aliphatic rings. The lowest BCUT2D eigenvalue weighted by Gasteiger charge is -2.14. The molecule has 24 heavy (non-hydrogen) atoms. The normalized spacial score (nSPS) is 15.6. The first-order chi connectivity index (χ1) is 11.7. The van der Waals surface area contributed by atoms with Crippen LogP contribution >= 0.6 is 0 Å². The third-order valence-electron chi connectivity index (χ3n) is 5.07. The molecule has 4 rings (SSSR count). The molecular formula is C24H22. The van der Waals surface area contributed by atoms with Crippen molar-refractivity contribution in [3.8, 4) is 0 Å². The van der Waals surface area contributed by atoms with Gasteiger partial charge in [0.05, 0.1) is 0 Å². The van der Waals surface area contributed by atoms with Gasteiger partial charge in [0.25, 0.3) is 0 Å². The van der Waals surface area contributed by atoms with Crippen LogP contribution in [0.5, 0.6) is 0 Å². The molecule has 2 aromatic carbocycles. The van der Waals surface area contributed by atoms with E-state index in [4.69, 9.17) is 0 Å². The van der Waals surface area contributed by atoms with Crippen molar-refractivity contribution in [2.45, 2.75) is 26.2 Å². The fraction of sp³-hybridized carbons (Fsp3) is 0.167. The van der Waals surface area contributed by atoms with Crippen molar-refractivity contribution in [2.24, 2.45) is 0 Å². The zero-order chi connectivity index (χ0) is 16.5. The van der Waals surface area contributed by atoms with Crippen LogP contribution in [-0.4, -0.2) is 0 Å². The van der Waals surface area contributed by atoms with E-state index < -0.39 is 0 Å². The minimum Gasteiger partial charge on any atom is -0.0949 e. The molecule has 0 fully saturated rings. The maximum atomic E-state index is 4.36. The van der Waals surface area contributed by atoms with Gasteiger partial charge in [-0.1, -0.05) is 73.3 Å². The number of aryl methyl sites for hydroxylation is 1. The van der Waals surface area contributed by atoms with E-state index in [1.165, 1.54) is 44.5 Å². The van der Waals surface area contributed by atoms with Gasteiger partial charge in [0.1, 0.15) is 0 Å². The Hall–Kier alpha value is -2.60. The summed E-state index contributed by atoms with van der Waals surface area (Å²) in [5, 5.41) is 0. The van der Waals surface area contributed by atoms with Gasteiger partial charge >= 0.3 is 0 Å². The first kappa shape index (κ1) is 15.0. The molecule has 0 radical (unpaired) electrons. The average Bonchev–Trinajstić information content (AvgIpc) is 3.21. The fourth-order valence-corrected chi connectivity index (χ4v) is 3.81. The Morgan fingerprint density at radius 1 is 1.00 bits per heavy atom. The number of allylic oxidation sites excluding steroid dienone is 6. The zero-order valence-corrected chi connectivity index (χ0v) is 14.2. The molecule has 0 heteroatoms. The summed E-state index contributed by atoms with van der Waals surface area (Å²) in [4.78, 5) is 0. The summed E-state index contributed by atoms with van der Waals surface area (Å²) in [6.45, 7) is 6.53. The summed E-state index contributed by atoms with van der Waals surface area (Å²) in [5.41, 5.74) is 10.9. The highest BCUT2D eigenvalue weighted by Crippen LogP contribution is 2.38. The summed E-state index contributed by atoms with van der Waals surface area (Å²) in [6, 6.07) is 17.2. The second-order valence-electron chi connectivity index (χ2n) is 6.72. The van der Waals surface area contributed by atoms with Crippen LogP contribution in [0.4, 0.5) is 0 Å². The van der Waals surface area contributed by atoms with Crippen molar-refractivity contribution in [3.05, 3.63) is 106 Å². The number of fused-ring (bicyclic) bond motifs is 1. The lowest BCUT2D eigenvalue weighted by atomic mass is 9.91. The highest BCUT2D eigenvalue weighted by molar-refractivity contribution is 5.75. The molecule has 0 N–H and O–H groups in total. The lowest BCUT2D eigenvalue weighted by molar-refractivity contribution is 1.17. The monoisotopic (exact) mass is 310 g/mol. The summed E-state index contributed by atoms with van der Waals surface area (Å²) in [7, 11) is 0. The molecule has 0 aromatic heterocycles. The Kier molecular flexibility index (Phi) is 3.82. The van der Waals surface area contributed by atoms with Gasteiger partial charge in [0, 0.05) is 0 Å². The second kappa shape index (κ2) is 6.13. The molecule has 0 amide bonds. The van der Waals surface area contributed by atoms with Crippen LogP contribution in [0, 0.1) is 6.92 Å². The number of hydrogen-bond donors (Lipinski definition) is 0. The van der Waals surface area contributed by atoms with Gasteiger partial charge < -0.3 is 0 Å². The Balaban J connectivity index is 1.55. The van der Waals surface area contributed by atoms with Crippen molar-refractivity contribution in [1.29, 1.82) is 0 Å². The minimum atomic E-state index is 0.935. The van der Waals surface area contributed by atoms with Crippen molar-refractivity contribution in [2.75, 3.05) is 0 Å². The van der Waals surface area contributed by atoms with Crippen LogP contribution in [0.2, 0.25) is 0 Å². The Bertz CT molecular complexity index is 903. The standard InChI is InChI=1S/C24H22/c1-17-8-3-6-12-23(17)18(2)14-21-11-7-13-24(21)22-15-19-9-4-5-10-20(19)16-22/h3-6,8-13,15H,2,7,14,16H2,1H3. The van der Waals surface area contributed by atoms with E-state index in [0.717, 1.165) is 19.3 Å². The third-order valence-corrected chi connectivity index (χ3v) is 5.07.